The predicted molar refractivity (Wildman–Crippen MR) is 92.9 cm³/mol. The quantitative estimate of drug-likeness (QED) is 0.383. The summed E-state index contributed by atoms with van der Waals surface area (Å²) in [6, 6.07) is 19.5. The van der Waals surface area contributed by atoms with Crippen molar-refractivity contribution in [2.24, 2.45) is 0 Å². The van der Waals surface area contributed by atoms with Crippen molar-refractivity contribution in [3.8, 4) is 0 Å². The molecule has 24 heavy (non-hydrogen) atoms. The molecule has 0 spiro atoms. The summed E-state index contributed by atoms with van der Waals surface area (Å²) < 4.78 is 1.33. The van der Waals surface area contributed by atoms with Crippen LogP contribution in [0.2, 0.25) is 0 Å². The van der Waals surface area contributed by atoms with E-state index in [1.54, 1.807) is 12.4 Å². The first kappa shape index (κ1) is 15.8. The molecule has 0 unspecified atom stereocenters. The number of rotatable bonds is 5. The van der Waals surface area contributed by atoms with Gasteiger partial charge in [0.2, 0.25) is 5.96 Å². The number of aromatic nitrogens is 2. The van der Waals surface area contributed by atoms with Crippen LogP contribution in [0.4, 0.5) is 5.69 Å². The fourth-order valence-electron chi connectivity index (χ4n) is 2.28. The Hall–Kier alpha value is -3.12. The fourth-order valence-corrected chi connectivity index (χ4v) is 2.28. The lowest BCUT2D eigenvalue weighted by Crippen LogP contribution is -2.32. The maximum absolute atomic E-state index is 10.1. The number of hydroxylamine groups is 2. The molecule has 3 N–H and O–H groups in total. The minimum atomic E-state index is -0.105. The van der Waals surface area contributed by atoms with Crippen molar-refractivity contribution in [3.05, 3.63) is 84.2 Å². The lowest BCUT2D eigenvalue weighted by molar-refractivity contribution is -0.0283. The summed E-state index contributed by atoms with van der Waals surface area (Å²) >= 11 is 0. The van der Waals surface area contributed by atoms with Gasteiger partial charge in [-0.2, -0.15) is 5.10 Å². The third-order valence-corrected chi connectivity index (χ3v) is 3.56. The first-order valence-corrected chi connectivity index (χ1v) is 7.64. The normalized spacial score (nSPS) is 10.4. The number of nitrogens with one attached hydrogen (secondary N) is 2. The Morgan fingerprint density at radius 1 is 1.04 bits per heavy atom. The van der Waals surface area contributed by atoms with Crippen molar-refractivity contribution >= 4 is 11.6 Å². The Morgan fingerprint density at radius 2 is 1.67 bits per heavy atom. The fraction of sp³-hybridized carbons (Fsp3) is 0.111. The lowest BCUT2D eigenvalue weighted by atomic mass is 10.2. The molecule has 0 radical (unpaired) electrons. The summed E-state index contributed by atoms with van der Waals surface area (Å²) in [4.78, 5) is 0. The van der Waals surface area contributed by atoms with E-state index in [1.807, 2.05) is 60.7 Å². The van der Waals surface area contributed by atoms with Crippen molar-refractivity contribution in [2.45, 2.75) is 13.1 Å². The zero-order valence-electron chi connectivity index (χ0n) is 13.1. The molecule has 6 nitrogen and oxygen atoms in total. The molecule has 0 saturated carbocycles. The minimum absolute atomic E-state index is 0.105. The Bertz CT molecular complexity index is 785. The second kappa shape index (κ2) is 7.43. The first-order chi connectivity index (χ1) is 11.7. The summed E-state index contributed by atoms with van der Waals surface area (Å²) in [6.45, 7) is 0.902. The van der Waals surface area contributed by atoms with E-state index in [-0.39, 0.29) is 12.5 Å². The van der Waals surface area contributed by atoms with E-state index in [1.165, 1.54) is 4.68 Å². The van der Waals surface area contributed by atoms with Crippen LogP contribution in [0.3, 0.4) is 0 Å². The molecule has 0 aliphatic carbocycles. The Labute approximate surface area is 140 Å². The maximum atomic E-state index is 10.1. The van der Waals surface area contributed by atoms with E-state index in [2.05, 4.69) is 10.4 Å². The van der Waals surface area contributed by atoms with Gasteiger partial charge in [-0.25, -0.2) is 9.75 Å². The highest BCUT2D eigenvalue weighted by atomic mass is 16.5. The van der Waals surface area contributed by atoms with Crippen LogP contribution in [-0.4, -0.2) is 26.0 Å². The molecule has 0 atom stereocenters. The molecular weight excluding hydrogens is 302 g/mol. The van der Waals surface area contributed by atoms with E-state index in [4.69, 9.17) is 5.41 Å². The summed E-state index contributed by atoms with van der Waals surface area (Å²) in [7, 11) is 0. The highest BCUT2D eigenvalue weighted by molar-refractivity contribution is 5.77. The summed E-state index contributed by atoms with van der Waals surface area (Å²) in [5.74, 6) is -0.105. The third kappa shape index (κ3) is 3.99. The van der Waals surface area contributed by atoms with Gasteiger partial charge in [0.05, 0.1) is 24.6 Å². The highest BCUT2D eigenvalue weighted by Gasteiger charge is 2.11. The van der Waals surface area contributed by atoms with Crippen molar-refractivity contribution in [3.63, 3.8) is 0 Å². The Balaban J connectivity index is 1.59. The van der Waals surface area contributed by atoms with Gasteiger partial charge in [0.25, 0.3) is 0 Å². The van der Waals surface area contributed by atoms with Gasteiger partial charge in [0, 0.05) is 6.54 Å². The van der Waals surface area contributed by atoms with Gasteiger partial charge < -0.3 is 5.32 Å². The van der Waals surface area contributed by atoms with Crippen molar-refractivity contribution < 1.29 is 5.21 Å². The standard InChI is InChI=1S/C18H19N5O/c19-18(23(24)13-16-9-5-2-6-10-16)22-14-17(12-21-22)20-11-15-7-3-1-4-8-15/h1-10,12,14,19-20,24H,11,13H2. The molecule has 122 valence electrons. The number of hydrogen-bond donors (Lipinski definition) is 3. The van der Waals surface area contributed by atoms with Crippen LogP contribution in [-0.2, 0) is 13.1 Å². The molecule has 0 amide bonds. The topological polar surface area (TPSA) is 77.2 Å². The zero-order valence-corrected chi connectivity index (χ0v) is 13.1. The maximum Gasteiger partial charge on any atom is 0.243 e. The lowest BCUT2D eigenvalue weighted by Gasteiger charge is -2.17. The van der Waals surface area contributed by atoms with Crippen LogP contribution in [0.5, 0.6) is 0 Å². The average molecular weight is 321 g/mol. The van der Waals surface area contributed by atoms with Gasteiger partial charge in [-0.05, 0) is 11.1 Å². The second-order valence-electron chi connectivity index (χ2n) is 5.38. The van der Waals surface area contributed by atoms with Crippen LogP contribution in [0.1, 0.15) is 11.1 Å². The predicted octanol–water partition coefficient (Wildman–Crippen LogP) is 3.17. The van der Waals surface area contributed by atoms with Gasteiger partial charge >= 0.3 is 0 Å². The minimum Gasteiger partial charge on any atom is -0.378 e. The molecule has 2 aromatic carbocycles. The van der Waals surface area contributed by atoms with Crippen molar-refractivity contribution in [2.75, 3.05) is 5.32 Å². The van der Waals surface area contributed by atoms with Crippen LogP contribution in [0, 0.1) is 5.41 Å². The van der Waals surface area contributed by atoms with Crippen LogP contribution < -0.4 is 5.32 Å². The third-order valence-electron chi connectivity index (χ3n) is 3.56. The molecule has 0 bridgehead atoms. The molecular formula is C18H19N5O. The van der Waals surface area contributed by atoms with E-state index in [9.17, 15) is 5.21 Å². The smallest absolute Gasteiger partial charge is 0.243 e. The van der Waals surface area contributed by atoms with Crippen molar-refractivity contribution in [1.82, 2.24) is 14.8 Å². The van der Waals surface area contributed by atoms with Crippen LogP contribution >= 0.6 is 0 Å². The largest absolute Gasteiger partial charge is 0.378 e. The molecule has 0 saturated heterocycles. The zero-order chi connectivity index (χ0) is 16.8. The molecule has 0 aliphatic heterocycles. The molecule has 1 aromatic heterocycles. The van der Waals surface area contributed by atoms with Crippen molar-refractivity contribution in [1.29, 1.82) is 5.41 Å². The van der Waals surface area contributed by atoms with Gasteiger partial charge in [-0.15, -0.1) is 0 Å². The molecule has 3 aromatic rings. The number of benzene rings is 2. The number of anilines is 1. The first-order valence-electron chi connectivity index (χ1n) is 7.64. The molecule has 6 heteroatoms. The monoisotopic (exact) mass is 321 g/mol. The SMILES string of the molecule is N=C(N(O)Cc1ccccc1)n1cc(NCc2ccccc2)cn1. The Morgan fingerprint density at radius 3 is 2.33 bits per heavy atom. The summed E-state index contributed by atoms with van der Waals surface area (Å²) in [5, 5.41) is 26.3. The highest BCUT2D eigenvalue weighted by Crippen LogP contribution is 2.09. The van der Waals surface area contributed by atoms with Crippen LogP contribution in [0.15, 0.2) is 73.1 Å². The number of nitrogens with zero attached hydrogens (tertiary/aromatic N) is 3. The van der Waals surface area contributed by atoms with Gasteiger partial charge in [-0.1, -0.05) is 60.7 Å². The summed E-state index contributed by atoms with van der Waals surface area (Å²) in [6.07, 6.45) is 3.31. The van der Waals surface area contributed by atoms with E-state index in [0.717, 1.165) is 21.9 Å². The van der Waals surface area contributed by atoms with Crippen LogP contribution in [0.25, 0.3) is 0 Å². The average Bonchev–Trinajstić information content (AvgIpc) is 3.10. The number of hydrogen-bond acceptors (Lipinski definition) is 4. The van der Waals surface area contributed by atoms with E-state index in [0.29, 0.717) is 6.54 Å². The van der Waals surface area contributed by atoms with Gasteiger partial charge in [0.1, 0.15) is 0 Å². The van der Waals surface area contributed by atoms with E-state index < -0.39 is 0 Å². The van der Waals surface area contributed by atoms with Gasteiger partial charge in [0.15, 0.2) is 0 Å². The Kier molecular flexibility index (Phi) is 4.88. The van der Waals surface area contributed by atoms with E-state index >= 15 is 0 Å². The molecule has 3 rings (SSSR count). The second-order valence-corrected chi connectivity index (χ2v) is 5.38. The molecule has 0 aliphatic rings. The molecule has 1 heterocycles. The summed E-state index contributed by atoms with van der Waals surface area (Å²) in [5.41, 5.74) is 2.87. The van der Waals surface area contributed by atoms with Gasteiger partial charge in [-0.3, -0.25) is 10.6 Å². The molecule has 0 fully saturated rings.